The molecular weight excluding hydrogens is 416 g/mol. The lowest BCUT2D eigenvalue weighted by atomic mass is 10.0. The molecule has 30 heavy (non-hydrogen) atoms. The maximum atomic E-state index is 13.4. The van der Waals surface area contributed by atoms with Gasteiger partial charge in [0.1, 0.15) is 23.8 Å². The third kappa shape index (κ3) is 4.58. The van der Waals surface area contributed by atoms with E-state index in [4.69, 9.17) is 9.84 Å². The van der Waals surface area contributed by atoms with E-state index in [-0.39, 0.29) is 11.5 Å². The van der Waals surface area contributed by atoms with Crippen molar-refractivity contribution in [3.63, 3.8) is 0 Å². The fraction of sp³-hybridized carbons (Fsp3) is 0.300. The highest BCUT2D eigenvalue weighted by atomic mass is 19.2. The fourth-order valence-corrected chi connectivity index (χ4v) is 2.55. The smallest absolute Gasteiger partial charge is 0.339 e. The molecule has 0 aliphatic carbocycles. The average molecular weight is 433 g/mol. The van der Waals surface area contributed by atoms with Gasteiger partial charge in [0, 0.05) is 17.2 Å². The zero-order valence-electron chi connectivity index (χ0n) is 16.3. The summed E-state index contributed by atoms with van der Waals surface area (Å²) in [7, 11) is 0. The Bertz CT molecular complexity index is 1020. The number of carboxylic acids is 1. The lowest BCUT2D eigenvalue weighted by molar-refractivity contribution is 0.0689. The van der Waals surface area contributed by atoms with E-state index in [0.717, 1.165) is 19.9 Å². The third-order valence-corrected chi connectivity index (χ3v) is 4.20. The van der Waals surface area contributed by atoms with Crippen molar-refractivity contribution in [3.05, 3.63) is 69.3 Å². The number of aromatic carboxylic acids is 1. The minimum Gasteiger partial charge on any atom is -0.478 e. The van der Waals surface area contributed by atoms with E-state index in [1.807, 2.05) is 0 Å². The highest BCUT2D eigenvalue weighted by Gasteiger charge is 2.29. The quantitative estimate of drug-likeness (QED) is 0.531. The van der Waals surface area contributed by atoms with Gasteiger partial charge in [0.15, 0.2) is 23.3 Å². The molecule has 1 heterocycles. The van der Waals surface area contributed by atoms with Crippen molar-refractivity contribution in [2.45, 2.75) is 33.2 Å². The Morgan fingerprint density at radius 2 is 1.47 bits per heavy atom. The Hall–Kier alpha value is -3.04. The van der Waals surface area contributed by atoms with Crippen LogP contribution in [-0.2, 0) is 4.74 Å². The normalized spacial score (nSPS) is 14.5. The molecule has 10 heteroatoms. The van der Waals surface area contributed by atoms with Gasteiger partial charge in [-0.1, -0.05) is 0 Å². The standard InChI is InChI=1S/C11H10F3NO.C9H7F3O2/c1-11(2)5-16-10(15-11)6-3-8(13)9(14)4-7(6)12;1-3-5(9(13)14)6(10)4(2)8(12)7(3)11/h3-4H,5H2,1-2H3;1-2H3,(H,13,14). The topological polar surface area (TPSA) is 58.9 Å². The van der Waals surface area contributed by atoms with Gasteiger partial charge in [-0.2, -0.15) is 0 Å². The number of rotatable bonds is 2. The van der Waals surface area contributed by atoms with Crippen LogP contribution in [0.1, 0.15) is 40.9 Å². The Morgan fingerprint density at radius 3 is 1.97 bits per heavy atom. The van der Waals surface area contributed by atoms with Crippen molar-refractivity contribution >= 4 is 11.9 Å². The zero-order valence-corrected chi connectivity index (χ0v) is 16.3. The Balaban J connectivity index is 0.000000216. The van der Waals surface area contributed by atoms with Crippen LogP contribution in [0.15, 0.2) is 17.1 Å². The van der Waals surface area contributed by atoms with E-state index in [1.54, 1.807) is 13.8 Å². The minimum atomic E-state index is -1.61. The van der Waals surface area contributed by atoms with E-state index in [9.17, 15) is 31.1 Å². The molecule has 1 aliphatic heterocycles. The summed E-state index contributed by atoms with van der Waals surface area (Å²) in [4.78, 5) is 14.6. The van der Waals surface area contributed by atoms with E-state index in [1.165, 1.54) is 0 Å². The molecule has 2 aromatic carbocycles. The maximum Gasteiger partial charge on any atom is 0.339 e. The number of hydrogen-bond donors (Lipinski definition) is 1. The molecule has 0 saturated carbocycles. The second-order valence-corrected chi connectivity index (χ2v) is 7.14. The number of carbonyl (C=O) groups is 1. The first-order chi connectivity index (χ1) is 13.8. The molecule has 3 rings (SSSR count). The summed E-state index contributed by atoms with van der Waals surface area (Å²) in [6, 6.07) is 1.24. The van der Waals surface area contributed by atoms with Crippen molar-refractivity contribution in [1.29, 1.82) is 0 Å². The lowest BCUT2D eigenvalue weighted by Gasteiger charge is -2.08. The molecule has 4 nitrogen and oxygen atoms in total. The second-order valence-electron chi connectivity index (χ2n) is 7.14. The summed E-state index contributed by atoms with van der Waals surface area (Å²) >= 11 is 0. The molecule has 162 valence electrons. The van der Waals surface area contributed by atoms with Gasteiger partial charge in [0.05, 0.1) is 11.1 Å². The molecule has 0 spiro atoms. The molecule has 0 fully saturated rings. The van der Waals surface area contributed by atoms with Crippen LogP contribution in [0.25, 0.3) is 0 Å². The van der Waals surface area contributed by atoms with Gasteiger partial charge in [-0.15, -0.1) is 0 Å². The molecule has 0 saturated heterocycles. The highest BCUT2D eigenvalue weighted by Crippen LogP contribution is 2.24. The van der Waals surface area contributed by atoms with Crippen LogP contribution in [-0.4, -0.2) is 29.1 Å². The van der Waals surface area contributed by atoms with Crippen molar-refractivity contribution < 1.29 is 41.0 Å². The Labute approximate surface area is 167 Å². The van der Waals surface area contributed by atoms with E-state index in [0.29, 0.717) is 12.7 Å². The van der Waals surface area contributed by atoms with Crippen molar-refractivity contribution in [2.24, 2.45) is 4.99 Å². The monoisotopic (exact) mass is 433 g/mol. The molecule has 0 bridgehead atoms. The highest BCUT2D eigenvalue weighted by molar-refractivity contribution is 5.95. The van der Waals surface area contributed by atoms with Gasteiger partial charge in [0.2, 0.25) is 5.90 Å². The molecule has 1 N–H and O–H groups in total. The average Bonchev–Trinajstić information content (AvgIpc) is 3.01. The first kappa shape index (κ1) is 23.2. The van der Waals surface area contributed by atoms with Gasteiger partial charge in [0.25, 0.3) is 0 Å². The maximum absolute atomic E-state index is 13.4. The van der Waals surface area contributed by atoms with Crippen LogP contribution in [0.5, 0.6) is 0 Å². The van der Waals surface area contributed by atoms with Crippen LogP contribution in [0.3, 0.4) is 0 Å². The molecule has 0 amide bonds. The minimum absolute atomic E-state index is 0.0152. The molecule has 0 radical (unpaired) electrons. The van der Waals surface area contributed by atoms with Crippen LogP contribution in [0.2, 0.25) is 0 Å². The van der Waals surface area contributed by atoms with Gasteiger partial charge in [-0.25, -0.2) is 36.1 Å². The largest absolute Gasteiger partial charge is 0.478 e. The predicted octanol–water partition coefficient (Wildman–Crippen LogP) is 5.08. The van der Waals surface area contributed by atoms with Gasteiger partial charge < -0.3 is 9.84 Å². The summed E-state index contributed by atoms with van der Waals surface area (Å²) in [6.07, 6.45) is 0. The van der Waals surface area contributed by atoms with Crippen LogP contribution < -0.4 is 0 Å². The summed E-state index contributed by atoms with van der Waals surface area (Å²) in [5.41, 5.74) is -2.58. The molecular formula is C20H17F6NO3. The number of ether oxygens (including phenoxy) is 1. The molecule has 2 aromatic rings. The number of nitrogens with zero attached hydrogens (tertiary/aromatic N) is 1. The van der Waals surface area contributed by atoms with E-state index in [2.05, 4.69) is 4.99 Å². The third-order valence-electron chi connectivity index (χ3n) is 4.20. The van der Waals surface area contributed by atoms with Crippen LogP contribution in [0.4, 0.5) is 26.3 Å². The summed E-state index contributed by atoms with van der Waals surface area (Å²) < 4.78 is 83.2. The fourth-order valence-electron chi connectivity index (χ4n) is 2.55. The number of carboxylic acid groups (broad SMARTS) is 1. The molecule has 0 unspecified atom stereocenters. The number of benzene rings is 2. The summed E-state index contributed by atoms with van der Waals surface area (Å²) in [5.74, 6) is -8.70. The van der Waals surface area contributed by atoms with Gasteiger partial charge in [-0.05, 0) is 33.8 Å². The number of halogens is 6. The predicted molar refractivity (Wildman–Crippen MR) is 95.6 cm³/mol. The number of aliphatic imine (C=N–C) groups is 1. The van der Waals surface area contributed by atoms with Crippen molar-refractivity contribution in [3.8, 4) is 0 Å². The second kappa shape index (κ2) is 8.37. The molecule has 0 atom stereocenters. The molecule has 0 aromatic heterocycles. The first-order valence-corrected chi connectivity index (χ1v) is 8.51. The Kier molecular flexibility index (Phi) is 6.48. The van der Waals surface area contributed by atoms with E-state index < -0.39 is 63.1 Å². The first-order valence-electron chi connectivity index (χ1n) is 8.51. The van der Waals surface area contributed by atoms with Crippen molar-refractivity contribution in [1.82, 2.24) is 0 Å². The molecule has 1 aliphatic rings. The zero-order chi connectivity index (χ0) is 23.0. The number of hydrogen-bond acceptors (Lipinski definition) is 3. The van der Waals surface area contributed by atoms with Gasteiger partial charge in [-0.3, -0.25) is 0 Å². The SMILES string of the molecule is CC1(C)COC(c2cc(F)c(F)cc2F)=N1.Cc1c(F)c(F)c(C)c(C(=O)O)c1F. The van der Waals surface area contributed by atoms with Crippen molar-refractivity contribution in [2.75, 3.05) is 6.61 Å². The van der Waals surface area contributed by atoms with Crippen LogP contribution >= 0.6 is 0 Å². The lowest BCUT2D eigenvalue weighted by Crippen LogP contribution is -2.17. The summed E-state index contributed by atoms with van der Waals surface area (Å²) in [6.45, 7) is 5.90. The van der Waals surface area contributed by atoms with E-state index >= 15 is 0 Å². The van der Waals surface area contributed by atoms with Crippen LogP contribution in [0, 0.1) is 48.8 Å². The Morgan fingerprint density at radius 1 is 0.933 bits per heavy atom. The summed E-state index contributed by atoms with van der Waals surface area (Å²) in [5, 5.41) is 8.56. The van der Waals surface area contributed by atoms with Gasteiger partial charge >= 0.3 is 5.97 Å².